The Labute approximate surface area is 145 Å². The van der Waals surface area contributed by atoms with Crippen LogP contribution < -0.4 is 0 Å². The van der Waals surface area contributed by atoms with Crippen LogP contribution in [-0.4, -0.2) is 22.5 Å². The summed E-state index contributed by atoms with van der Waals surface area (Å²) in [6.07, 6.45) is 5.28. The molecule has 24 heavy (non-hydrogen) atoms. The number of aldehydes is 2. The maximum Gasteiger partial charge on any atom is 0.160 e. The lowest BCUT2D eigenvalue weighted by atomic mass is 10.1. The van der Waals surface area contributed by atoms with Gasteiger partial charge in [-0.3, -0.25) is 19.6 Å². The second-order valence-corrected chi connectivity index (χ2v) is 7.36. The number of carbonyl (C=O) groups is 2. The van der Waals surface area contributed by atoms with Crippen LogP contribution in [0, 0.1) is 0 Å². The number of thiophene rings is 2. The van der Waals surface area contributed by atoms with E-state index in [4.69, 9.17) is 0 Å². The maximum absolute atomic E-state index is 10.8. The zero-order chi connectivity index (χ0) is 16.5. The van der Waals surface area contributed by atoms with Gasteiger partial charge in [0.2, 0.25) is 0 Å². The van der Waals surface area contributed by atoms with E-state index >= 15 is 0 Å². The molecule has 6 heteroatoms. The molecule has 0 fully saturated rings. The van der Waals surface area contributed by atoms with Gasteiger partial charge in [-0.15, -0.1) is 22.7 Å². The predicted octanol–water partition coefficient (Wildman–Crippen LogP) is 4.71. The molecule has 116 valence electrons. The zero-order valence-electron chi connectivity index (χ0n) is 12.3. The number of hydrogen-bond acceptors (Lipinski definition) is 6. The van der Waals surface area contributed by atoms with Crippen LogP contribution in [0.25, 0.3) is 31.9 Å². The summed E-state index contributed by atoms with van der Waals surface area (Å²) in [6, 6.07) is 11.4. The van der Waals surface area contributed by atoms with Crippen LogP contribution in [0.5, 0.6) is 0 Å². The highest BCUT2D eigenvalue weighted by molar-refractivity contribution is 7.17. The number of fused-ring (bicyclic) bond motifs is 1. The molecule has 0 amide bonds. The third-order valence-corrected chi connectivity index (χ3v) is 5.71. The number of nitrogens with zero attached hydrogens (tertiary/aromatic N) is 2. The minimum atomic E-state index is 0.692. The summed E-state index contributed by atoms with van der Waals surface area (Å²) in [5, 5.41) is 0. The molecule has 4 heterocycles. The number of rotatable bonds is 4. The highest BCUT2D eigenvalue weighted by atomic mass is 32.1. The average molecular weight is 350 g/mol. The second-order valence-electron chi connectivity index (χ2n) is 5.13. The second kappa shape index (κ2) is 6.07. The van der Waals surface area contributed by atoms with Gasteiger partial charge in [-0.2, -0.15) is 0 Å². The molecule has 0 aromatic carbocycles. The summed E-state index contributed by atoms with van der Waals surface area (Å²) in [5.74, 6) is 0. The Morgan fingerprint density at radius 2 is 1.17 bits per heavy atom. The maximum atomic E-state index is 10.8. The van der Waals surface area contributed by atoms with Crippen molar-refractivity contribution in [2.75, 3.05) is 0 Å². The molecule has 0 aliphatic rings. The summed E-state index contributed by atoms with van der Waals surface area (Å²) in [5.41, 5.74) is 3.48. The lowest BCUT2D eigenvalue weighted by molar-refractivity contribution is 0.111. The molecule has 0 N–H and O–H groups in total. The Balaban J connectivity index is 1.74. The molecule has 0 saturated carbocycles. The van der Waals surface area contributed by atoms with Gasteiger partial charge >= 0.3 is 0 Å². The highest BCUT2D eigenvalue weighted by Crippen LogP contribution is 2.31. The highest BCUT2D eigenvalue weighted by Gasteiger charge is 2.08. The van der Waals surface area contributed by atoms with Gasteiger partial charge in [0.1, 0.15) is 0 Å². The van der Waals surface area contributed by atoms with Crippen molar-refractivity contribution in [2.24, 2.45) is 0 Å². The van der Waals surface area contributed by atoms with Crippen molar-refractivity contribution in [3.05, 3.63) is 58.5 Å². The van der Waals surface area contributed by atoms with Crippen LogP contribution in [-0.2, 0) is 0 Å². The van der Waals surface area contributed by atoms with Gasteiger partial charge in [-0.1, -0.05) is 0 Å². The molecular weight excluding hydrogens is 340 g/mol. The normalized spacial score (nSPS) is 10.8. The third kappa shape index (κ3) is 2.66. The van der Waals surface area contributed by atoms with E-state index in [2.05, 4.69) is 9.97 Å². The summed E-state index contributed by atoms with van der Waals surface area (Å²) >= 11 is 2.87. The fraction of sp³-hybridized carbons (Fsp3) is 0. The Bertz CT molecular complexity index is 980. The van der Waals surface area contributed by atoms with E-state index in [1.54, 1.807) is 24.5 Å². The first-order valence-corrected chi connectivity index (χ1v) is 8.77. The first-order chi connectivity index (χ1) is 11.8. The van der Waals surface area contributed by atoms with E-state index in [1.165, 1.54) is 22.7 Å². The molecule has 0 spiro atoms. The quantitative estimate of drug-likeness (QED) is 0.500. The van der Waals surface area contributed by atoms with E-state index in [9.17, 15) is 9.59 Å². The van der Waals surface area contributed by atoms with Crippen molar-refractivity contribution in [2.45, 2.75) is 0 Å². The molecule has 0 unspecified atom stereocenters. The molecule has 4 aromatic heterocycles. The number of carbonyl (C=O) groups excluding carboxylic acids is 2. The first-order valence-electron chi connectivity index (χ1n) is 7.13. The van der Waals surface area contributed by atoms with Crippen LogP contribution in [0.3, 0.4) is 0 Å². The van der Waals surface area contributed by atoms with Crippen molar-refractivity contribution in [1.29, 1.82) is 0 Å². The van der Waals surface area contributed by atoms with Crippen LogP contribution in [0.15, 0.2) is 48.8 Å². The molecule has 0 atom stereocenters. The van der Waals surface area contributed by atoms with Crippen LogP contribution in [0.2, 0.25) is 0 Å². The molecule has 4 nitrogen and oxygen atoms in total. The van der Waals surface area contributed by atoms with Gasteiger partial charge in [0.25, 0.3) is 0 Å². The van der Waals surface area contributed by atoms with Crippen molar-refractivity contribution in [3.63, 3.8) is 0 Å². The van der Waals surface area contributed by atoms with E-state index in [0.29, 0.717) is 9.75 Å². The summed E-state index contributed by atoms with van der Waals surface area (Å²) in [6.45, 7) is 0. The van der Waals surface area contributed by atoms with Crippen molar-refractivity contribution in [3.8, 4) is 20.9 Å². The van der Waals surface area contributed by atoms with Gasteiger partial charge in [0, 0.05) is 33.3 Å². The number of hydrogen-bond donors (Lipinski definition) is 0. The van der Waals surface area contributed by atoms with E-state index in [-0.39, 0.29) is 0 Å². The van der Waals surface area contributed by atoms with Crippen molar-refractivity contribution >= 4 is 46.3 Å². The average Bonchev–Trinajstić information content (AvgIpc) is 3.30. The van der Waals surface area contributed by atoms with Gasteiger partial charge in [0.15, 0.2) is 12.6 Å². The smallest absolute Gasteiger partial charge is 0.160 e. The van der Waals surface area contributed by atoms with Gasteiger partial charge < -0.3 is 0 Å². The van der Waals surface area contributed by atoms with Crippen molar-refractivity contribution in [1.82, 2.24) is 9.97 Å². The van der Waals surface area contributed by atoms with Gasteiger partial charge in [0.05, 0.1) is 20.8 Å². The Morgan fingerprint density at radius 1 is 0.708 bits per heavy atom. The largest absolute Gasteiger partial charge is 0.297 e. The SMILES string of the molecule is O=Cc1ccc(-c2cnc3cc(-c4ccc(C=O)s4)cnc3c2)s1. The molecule has 0 radical (unpaired) electrons. The lowest BCUT2D eigenvalue weighted by Gasteiger charge is -2.03. The van der Waals surface area contributed by atoms with E-state index in [0.717, 1.165) is 44.5 Å². The Hall–Kier alpha value is -2.70. The topological polar surface area (TPSA) is 59.9 Å². The predicted molar refractivity (Wildman–Crippen MR) is 96.9 cm³/mol. The zero-order valence-corrected chi connectivity index (χ0v) is 13.9. The van der Waals surface area contributed by atoms with E-state index in [1.807, 2.05) is 24.3 Å². The molecule has 0 aliphatic heterocycles. The number of pyridine rings is 2. The minimum Gasteiger partial charge on any atom is -0.297 e. The van der Waals surface area contributed by atoms with E-state index < -0.39 is 0 Å². The Kier molecular flexibility index (Phi) is 3.76. The molecule has 0 bridgehead atoms. The molecular formula is C18H10N2O2S2. The third-order valence-electron chi connectivity index (χ3n) is 3.59. The molecule has 4 rings (SSSR count). The first kappa shape index (κ1) is 14.9. The monoisotopic (exact) mass is 350 g/mol. The number of aromatic nitrogens is 2. The molecule has 0 saturated heterocycles. The van der Waals surface area contributed by atoms with Gasteiger partial charge in [-0.05, 0) is 36.4 Å². The van der Waals surface area contributed by atoms with Gasteiger partial charge in [-0.25, -0.2) is 0 Å². The summed E-state index contributed by atoms with van der Waals surface area (Å²) in [7, 11) is 0. The summed E-state index contributed by atoms with van der Waals surface area (Å²) < 4.78 is 0. The minimum absolute atomic E-state index is 0.692. The fourth-order valence-corrected chi connectivity index (χ4v) is 4.02. The molecule has 0 aliphatic carbocycles. The lowest BCUT2D eigenvalue weighted by Crippen LogP contribution is -1.86. The van der Waals surface area contributed by atoms with Crippen LogP contribution in [0.4, 0.5) is 0 Å². The van der Waals surface area contributed by atoms with Crippen LogP contribution in [0.1, 0.15) is 19.3 Å². The molecule has 4 aromatic rings. The fourth-order valence-electron chi connectivity index (χ4n) is 2.41. The van der Waals surface area contributed by atoms with Crippen molar-refractivity contribution < 1.29 is 9.59 Å². The Morgan fingerprint density at radius 3 is 1.54 bits per heavy atom. The standard InChI is InChI=1S/C18H10N2O2S2/c21-9-13-1-3-17(23-13)11-5-15-16(19-7-11)6-12(8-20-15)18-4-2-14(10-22)24-18/h1-10H. The van der Waals surface area contributed by atoms with Crippen LogP contribution >= 0.6 is 22.7 Å². The summed E-state index contributed by atoms with van der Waals surface area (Å²) in [4.78, 5) is 34.0.